The monoisotopic (exact) mass is 454 g/mol. The molecule has 0 aliphatic rings. The third-order valence-electron chi connectivity index (χ3n) is 5.16. The average molecular weight is 455 g/mol. The summed E-state index contributed by atoms with van der Waals surface area (Å²) in [5, 5.41) is 24.3. The molecule has 0 aromatic heterocycles. The van der Waals surface area contributed by atoms with Gasteiger partial charge in [-0.1, -0.05) is 48.5 Å². The van der Waals surface area contributed by atoms with Gasteiger partial charge in [0.2, 0.25) is 11.8 Å². The fraction of sp³-hybridized carbons (Fsp3) is 0.385. The van der Waals surface area contributed by atoms with Crippen LogP contribution < -0.4 is 15.4 Å². The van der Waals surface area contributed by atoms with Gasteiger partial charge in [0, 0.05) is 12.5 Å². The molecule has 0 saturated carbocycles. The number of aliphatic hydroxyl groups is 2. The van der Waals surface area contributed by atoms with Crippen molar-refractivity contribution in [3.63, 3.8) is 0 Å². The lowest BCUT2D eigenvalue weighted by Gasteiger charge is -2.21. The fourth-order valence-electron chi connectivity index (χ4n) is 3.31. The molecule has 3 atom stereocenters. The Hall–Kier alpha value is -3.16. The van der Waals surface area contributed by atoms with Crippen molar-refractivity contribution in [2.75, 3.05) is 13.2 Å². The normalized spacial score (nSPS) is 13.4. The van der Waals surface area contributed by atoms with Gasteiger partial charge in [-0.3, -0.25) is 9.59 Å². The summed E-state index contributed by atoms with van der Waals surface area (Å²) in [6.07, 6.45) is 2.34. The number of amides is 2. The van der Waals surface area contributed by atoms with Crippen molar-refractivity contribution in [2.24, 2.45) is 5.92 Å². The van der Waals surface area contributed by atoms with Crippen molar-refractivity contribution >= 4 is 11.8 Å². The molecule has 0 radical (unpaired) electrons. The summed E-state index contributed by atoms with van der Waals surface area (Å²) in [5.74, 6) is -0.494. The standard InChI is InChI=1S/C26H34N2O5/c1-3-7-22(15-25(31)27-19(2)16-29)26(32)28-23(17-30)14-20-10-12-24(13-11-20)33-18-21-8-5-4-6-9-21/h3-6,8-13,19,22-23,29-30H,1,7,14-18H2,2H3,(H,27,31)(H,28,32)/t19-,22+,23-/m0/s1. The van der Waals surface area contributed by atoms with Crippen LogP contribution in [0.25, 0.3) is 0 Å². The molecular formula is C26H34N2O5. The quantitative estimate of drug-likeness (QED) is 0.328. The molecule has 2 rings (SSSR count). The van der Waals surface area contributed by atoms with E-state index < -0.39 is 12.0 Å². The maximum Gasteiger partial charge on any atom is 0.224 e. The molecule has 2 amide bonds. The van der Waals surface area contributed by atoms with Crippen LogP contribution in [0.4, 0.5) is 0 Å². The van der Waals surface area contributed by atoms with Gasteiger partial charge in [-0.05, 0) is 43.0 Å². The Bertz CT molecular complexity index is 870. The summed E-state index contributed by atoms with van der Waals surface area (Å²) in [7, 11) is 0. The number of aliphatic hydroxyl groups excluding tert-OH is 2. The van der Waals surface area contributed by atoms with E-state index in [0.29, 0.717) is 19.4 Å². The molecule has 0 unspecified atom stereocenters. The zero-order valence-corrected chi connectivity index (χ0v) is 19.1. The Morgan fingerprint density at radius 1 is 1.00 bits per heavy atom. The first-order valence-electron chi connectivity index (χ1n) is 11.1. The molecular weight excluding hydrogens is 420 g/mol. The molecule has 0 aliphatic carbocycles. The average Bonchev–Trinajstić information content (AvgIpc) is 2.83. The van der Waals surface area contributed by atoms with Gasteiger partial charge in [0.15, 0.2) is 0 Å². The van der Waals surface area contributed by atoms with Crippen LogP contribution in [0.1, 0.15) is 30.9 Å². The lowest BCUT2D eigenvalue weighted by Crippen LogP contribution is -2.44. The first-order valence-corrected chi connectivity index (χ1v) is 11.1. The molecule has 178 valence electrons. The molecule has 0 saturated heterocycles. The Kier molecular flexibility index (Phi) is 11.1. The van der Waals surface area contributed by atoms with Crippen LogP contribution >= 0.6 is 0 Å². The summed E-state index contributed by atoms with van der Waals surface area (Å²) in [6.45, 7) is 5.42. The van der Waals surface area contributed by atoms with Gasteiger partial charge in [0.25, 0.3) is 0 Å². The van der Waals surface area contributed by atoms with Gasteiger partial charge in [-0.25, -0.2) is 0 Å². The highest BCUT2D eigenvalue weighted by molar-refractivity contribution is 5.86. The number of carbonyl (C=O) groups is 2. The number of hydrogen-bond donors (Lipinski definition) is 4. The van der Waals surface area contributed by atoms with Crippen molar-refractivity contribution in [1.82, 2.24) is 10.6 Å². The Morgan fingerprint density at radius 3 is 2.30 bits per heavy atom. The van der Waals surface area contributed by atoms with E-state index in [2.05, 4.69) is 17.2 Å². The van der Waals surface area contributed by atoms with Crippen molar-refractivity contribution in [2.45, 2.75) is 44.9 Å². The minimum Gasteiger partial charge on any atom is -0.489 e. The SMILES string of the molecule is C=CC[C@H](CC(=O)N[C@@H](C)CO)C(=O)N[C@H](CO)Cc1ccc(OCc2ccccc2)cc1. The number of benzene rings is 2. The van der Waals surface area contributed by atoms with E-state index in [9.17, 15) is 14.7 Å². The van der Waals surface area contributed by atoms with Crippen molar-refractivity contribution in [3.8, 4) is 5.75 Å². The fourth-order valence-corrected chi connectivity index (χ4v) is 3.31. The number of carbonyl (C=O) groups excluding carboxylic acids is 2. The molecule has 0 spiro atoms. The summed E-state index contributed by atoms with van der Waals surface area (Å²) < 4.78 is 5.79. The summed E-state index contributed by atoms with van der Waals surface area (Å²) in [4.78, 5) is 24.9. The summed E-state index contributed by atoms with van der Waals surface area (Å²) in [5.41, 5.74) is 2.02. The molecule has 0 heterocycles. The smallest absolute Gasteiger partial charge is 0.224 e. The highest BCUT2D eigenvalue weighted by Gasteiger charge is 2.23. The number of ether oxygens (including phenoxy) is 1. The maximum atomic E-state index is 12.7. The topological polar surface area (TPSA) is 108 Å². The van der Waals surface area contributed by atoms with Crippen LogP contribution in [0.3, 0.4) is 0 Å². The molecule has 0 fully saturated rings. The molecule has 0 aliphatic heterocycles. The van der Waals surface area contributed by atoms with E-state index in [1.165, 1.54) is 0 Å². The van der Waals surface area contributed by atoms with E-state index in [4.69, 9.17) is 9.84 Å². The number of nitrogens with one attached hydrogen (secondary N) is 2. The predicted octanol–water partition coefficient (Wildman–Crippen LogP) is 2.36. The summed E-state index contributed by atoms with van der Waals surface area (Å²) >= 11 is 0. The molecule has 2 aromatic rings. The first-order chi connectivity index (χ1) is 15.9. The van der Waals surface area contributed by atoms with Gasteiger partial charge in [0.05, 0.1) is 25.2 Å². The van der Waals surface area contributed by atoms with Crippen molar-refractivity contribution in [1.29, 1.82) is 0 Å². The van der Waals surface area contributed by atoms with Crippen LogP contribution in [0, 0.1) is 5.92 Å². The lowest BCUT2D eigenvalue weighted by atomic mass is 9.98. The van der Waals surface area contributed by atoms with Crippen LogP contribution in [-0.2, 0) is 22.6 Å². The predicted molar refractivity (Wildman–Crippen MR) is 128 cm³/mol. The van der Waals surface area contributed by atoms with Crippen LogP contribution in [0.2, 0.25) is 0 Å². The molecule has 4 N–H and O–H groups in total. The highest BCUT2D eigenvalue weighted by Crippen LogP contribution is 2.16. The van der Waals surface area contributed by atoms with Gasteiger partial charge in [0.1, 0.15) is 12.4 Å². The second-order valence-corrected chi connectivity index (χ2v) is 8.09. The Morgan fingerprint density at radius 2 is 1.70 bits per heavy atom. The Labute approximate surface area is 195 Å². The second kappa shape index (κ2) is 14.1. The molecule has 0 bridgehead atoms. The van der Waals surface area contributed by atoms with E-state index in [-0.39, 0.29) is 37.5 Å². The lowest BCUT2D eigenvalue weighted by molar-refractivity contribution is -0.131. The molecule has 7 nitrogen and oxygen atoms in total. The largest absolute Gasteiger partial charge is 0.489 e. The van der Waals surface area contributed by atoms with Gasteiger partial charge < -0.3 is 25.6 Å². The molecule has 7 heteroatoms. The first kappa shape index (κ1) is 26.1. The van der Waals surface area contributed by atoms with E-state index >= 15 is 0 Å². The van der Waals surface area contributed by atoms with E-state index in [1.807, 2.05) is 54.6 Å². The zero-order chi connectivity index (χ0) is 24.1. The summed E-state index contributed by atoms with van der Waals surface area (Å²) in [6, 6.07) is 16.6. The Balaban J connectivity index is 1.89. The third kappa shape index (κ3) is 9.47. The zero-order valence-electron chi connectivity index (χ0n) is 19.1. The minimum atomic E-state index is -0.601. The number of rotatable bonds is 14. The molecule has 33 heavy (non-hydrogen) atoms. The number of hydrogen-bond acceptors (Lipinski definition) is 5. The van der Waals surface area contributed by atoms with E-state index in [1.54, 1.807) is 13.0 Å². The van der Waals surface area contributed by atoms with Crippen molar-refractivity contribution in [3.05, 3.63) is 78.4 Å². The van der Waals surface area contributed by atoms with Crippen molar-refractivity contribution < 1.29 is 24.5 Å². The maximum absolute atomic E-state index is 12.7. The highest BCUT2D eigenvalue weighted by atomic mass is 16.5. The van der Waals surface area contributed by atoms with E-state index in [0.717, 1.165) is 16.9 Å². The van der Waals surface area contributed by atoms with Gasteiger partial charge in [-0.15, -0.1) is 6.58 Å². The van der Waals surface area contributed by atoms with Crippen LogP contribution in [0.15, 0.2) is 67.3 Å². The second-order valence-electron chi connectivity index (χ2n) is 8.09. The van der Waals surface area contributed by atoms with Gasteiger partial charge >= 0.3 is 0 Å². The van der Waals surface area contributed by atoms with Gasteiger partial charge in [-0.2, -0.15) is 0 Å². The third-order valence-corrected chi connectivity index (χ3v) is 5.16. The van der Waals surface area contributed by atoms with Crippen LogP contribution in [-0.4, -0.2) is 47.3 Å². The van der Waals surface area contributed by atoms with Crippen LogP contribution in [0.5, 0.6) is 5.75 Å². The number of allylic oxidation sites excluding steroid dienone is 1. The minimum absolute atomic E-state index is 0.0200. The molecule has 2 aromatic carbocycles.